The van der Waals surface area contributed by atoms with Crippen LogP contribution in [0.15, 0.2) is 16.7 Å². The van der Waals surface area contributed by atoms with Crippen molar-refractivity contribution < 1.29 is 9.59 Å². The van der Waals surface area contributed by atoms with Crippen LogP contribution in [0.5, 0.6) is 0 Å². The predicted molar refractivity (Wildman–Crippen MR) is 82.5 cm³/mol. The second-order valence-electron chi connectivity index (χ2n) is 5.44. The fourth-order valence-corrected chi connectivity index (χ4v) is 3.35. The maximum absolute atomic E-state index is 12.8. The molecule has 0 radical (unpaired) electrons. The third kappa shape index (κ3) is 2.48. The van der Waals surface area contributed by atoms with Crippen molar-refractivity contribution in [3.05, 3.63) is 33.7 Å². The number of nitrogens with zero attached hydrogens (tertiary/aromatic N) is 3. The van der Waals surface area contributed by atoms with Gasteiger partial charge in [-0.1, -0.05) is 0 Å². The van der Waals surface area contributed by atoms with Crippen LogP contribution in [0, 0.1) is 13.8 Å². The van der Waals surface area contributed by atoms with Gasteiger partial charge < -0.3 is 4.90 Å². The van der Waals surface area contributed by atoms with E-state index in [2.05, 4.69) is 20.9 Å². The first-order valence-corrected chi connectivity index (χ1v) is 7.72. The molecule has 0 unspecified atom stereocenters. The number of hydrogen-bond acceptors (Lipinski definition) is 3. The van der Waals surface area contributed by atoms with E-state index in [9.17, 15) is 9.59 Å². The fourth-order valence-electron chi connectivity index (χ4n) is 2.71. The maximum atomic E-state index is 12.8. The van der Waals surface area contributed by atoms with Crippen LogP contribution in [0.2, 0.25) is 0 Å². The second-order valence-corrected chi connectivity index (χ2v) is 6.29. The number of carbonyl (C=O) groups is 2. The molecule has 0 saturated carbocycles. The maximum Gasteiger partial charge on any atom is 0.272 e. The second kappa shape index (κ2) is 5.26. The lowest BCUT2D eigenvalue weighted by molar-refractivity contribution is -0.120. The molecule has 1 amide bonds. The summed E-state index contributed by atoms with van der Waals surface area (Å²) in [6, 6.07) is 1.98. The van der Waals surface area contributed by atoms with Gasteiger partial charge in [-0.3, -0.25) is 14.0 Å². The summed E-state index contributed by atoms with van der Waals surface area (Å²) >= 11 is 3.50. The average Bonchev–Trinajstić information content (AvgIpc) is 2.75. The van der Waals surface area contributed by atoms with Gasteiger partial charge in [0.2, 0.25) is 0 Å². The van der Waals surface area contributed by atoms with E-state index >= 15 is 0 Å². The minimum absolute atomic E-state index is 0.0509. The molecule has 3 heterocycles. The molecule has 110 valence electrons. The Hall–Kier alpha value is -1.69. The van der Waals surface area contributed by atoms with E-state index in [1.54, 1.807) is 4.90 Å². The zero-order chi connectivity index (χ0) is 15.1. The summed E-state index contributed by atoms with van der Waals surface area (Å²) < 4.78 is 2.71. The predicted octanol–water partition coefficient (Wildman–Crippen LogP) is 2.52. The number of piperidine rings is 1. The topological polar surface area (TPSA) is 54.7 Å². The molecular weight excluding hydrogens is 334 g/mol. The van der Waals surface area contributed by atoms with Crippen molar-refractivity contribution in [1.29, 1.82) is 0 Å². The number of carbonyl (C=O) groups excluding carboxylic acids is 2. The molecule has 2 aromatic rings. The number of halogens is 1. The number of rotatable bonds is 1. The summed E-state index contributed by atoms with van der Waals surface area (Å²) in [6.45, 7) is 4.82. The number of likely N-dealkylation sites (tertiary alicyclic amines) is 1. The molecule has 0 atom stereocenters. The van der Waals surface area contributed by atoms with Crippen LogP contribution in [0.4, 0.5) is 0 Å². The summed E-state index contributed by atoms with van der Waals surface area (Å²) in [5.74, 6) is 0.178. The first kappa shape index (κ1) is 14.3. The highest BCUT2D eigenvalue weighted by Gasteiger charge is 2.26. The smallest absolute Gasteiger partial charge is 0.272 e. The third-order valence-electron chi connectivity index (χ3n) is 3.80. The van der Waals surface area contributed by atoms with Crippen molar-refractivity contribution in [2.24, 2.45) is 0 Å². The number of Topliss-reactive ketones (excluding diaryl/α,β-unsaturated/α-hetero) is 1. The Morgan fingerprint density at radius 1 is 1.29 bits per heavy atom. The Morgan fingerprint density at radius 2 is 1.95 bits per heavy atom. The lowest BCUT2D eigenvalue weighted by Gasteiger charge is -2.26. The Balaban J connectivity index is 2.05. The lowest BCUT2D eigenvalue weighted by Crippen LogP contribution is -2.39. The van der Waals surface area contributed by atoms with Gasteiger partial charge in [0.25, 0.3) is 5.91 Å². The van der Waals surface area contributed by atoms with Gasteiger partial charge in [0.15, 0.2) is 5.65 Å². The van der Waals surface area contributed by atoms with Gasteiger partial charge >= 0.3 is 0 Å². The molecule has 6 heteroatoms. The molecule has 1 fully saturated rings. The Kier molecular flexibility index (Phi) is 3.57. The molecule has 3 rings (SSSR count). The zero-order valence-electron chi connectivity index (χ0n) is 12.0. The highest BCUT2D eigenvalue weighted by Crippen LogP contribution is 2.23. The molecule has 0 bridgehead atoms. The van der Waals surface area contributed by atoms with E-state index in [1.165, 1.54) is 0 Å². The summed E-state index contributed by atoms with van der Waals surface area (Å²) in [5.41, 5.74) is 3.09. The number of ketones is 1. The van der Waals surface area contributed by atoms with Gasteiger partial charge in [-0.05, 0) is 41.4 Å². The van der Waals surface area contributed by atoms with Crippen LogP contribution < -0.4 is 0 Å². The minimum Gasteiger partial charge on any atom is -0.336 e. The van der Waals surface area contributed by atoms with E-state index in [0.717, 1.165) is 15.7 Å². The Labute approximate surface area is 131 Å². The zero-order valence-corrected chi connectivity index (χ0v) is 13.6. The quantitative estimate of drug-likeness (QED) is 0.794. The molecule has 0 N–H and O–H groups in total. The highest BCUT2D eigenvalue weighted by atomic mass is 79.9. The van der Waals surface area contributed by atoms with Crippen LogP contribution >= 0.6 is 15.9 Å². The van der Waals surface area contributed by atoms with E-state index in [-0.39, 0.29) is 11.7 Å². The van der Waals surface area contributed by atoms with Crippen molar-refractivity contribution in [2.75, 3.05) is 13.1 Å². The molecule has 0 spiro atoms. The largest absolute Gasteiger partial charge is 0.336 e. The van der Waals surface area contributed by atoms with Gasteiger partial charge in [-0.2, -0.15) is 0 Å². The fraction of sp³-hybridized carbons (Fsp3) is 0.400. The van der Waals surface area contributed by atoms with Gasteiger partial charge in [-0.25, -0.2) is 4.98 Å². The summed E-state index contributed by atoms with van der Waals surface area (Å²) in [5, 5.41) is 0. The van der Waals surface area contributed by atoms with E-state index in [4.69, 9.17) is 0 Å². The summed E-state index contributed by atoms with van der Waals surface area (Å²) in [6.07, 6.45) is 2.82. The average molecular weight is 350 g/mol. The van der Waals surface area contributed by atoms with E-state index in [1.807, 2.05) is 30.5 Å². The number of aryl methyl sites for hydroxylation is 2. The Morgan fingerprint density at radius 3 is 2.62 bits per heavy atom. The normalized spacial score (nSPS) is 15.8. The van der Waals surface area contributed by atoms with Crippen LogP contribution in [0.3, 0.4) is 0 Å². The molecular formula is C15H16BrN3O2. The number of fused-ring (bicyclic) bond motifs is 1. The van der Waals surface area contributed by atoms with Crippen molar-refractivity contribution in [3.63, 3.8) is 0 Å². The van der Waals surface area contributed by atoms with Gasteiger partial charge in [-0.15, -0.1) is 0 Å². The first-order chi connectivity index (χ1) is 9.97. The van der Waals surface area contributed by atoms with Crippen molar-refractivity contribution >= 4 is 33.3 Å². The van der Waals surface area contributed by atoms with Crippen LogP contribution in [-0.2, 0) is 4.79 Å². The molecule has 1 aliphatic heterocycles. The molecule has 0 aliphatic carbocycles. The van der Waals surface area contributed by atoms with Crippen molar-refractivity contribution in [1.82, 2.24) is 14.3 Å². The van der Waals surface area contributed by atoms with E-state index < -0.39 is 0 Å². The van der Waals surface area contributed by atoms with Gasteiger partial charge in [0.1, 0.15) is 11.5 Å². The van der Waals surface area contributed by atoms with Crippen molar-refractivity contribution in [3.8, 4) is 0 Å². The molecule has 0 aromatic carbocycles. The lowest BCUT2D eigenvalue weighted by atomic mass is 10.1. The highest BCUT2D eigenvalue weighted by molar-refractivity contribution is 9.10. The van der Waals surface area contributed by atoms with Crippen LogP contribution in [0.1, 0.15) is 34.6 Å². The van der Waals surface area contributed by atoms with Crippen molar-refractivity contribution in [2.45, 2.75) is 26.7 Å². The van der Waals surface area contributed by atoms with Crippen LogP contribution in [0.25, 0.3) is 5.65 Å². The van der Waals surface area contributed by atoms with E-state index in [0.29, 0.717) is 37.3 Å². The molecule has 1 aliphatic rings. The summed E-state index contributed by atoms with van der Waals surface area (Å²) in [4.78, 5) is 30.3. The third-order valence-corrected chi connectivity index (χ3v) is 4.38. The van der Waals surface area contributed by atoms with Gasteiger partial charge in [0.05, 0.1) is 10.2 Å². The van der Waals surface area contributed by atoms with Crippen LogP contribution in [-0.4, -0.2) is 39.1 Å². The Bertz CT molecular complexity index is 741. The number of hydrogen-bond donors (Lipinski definition) is 0. The standard InChI is InChI=1S/C15H16BrN3O2/c1-9-7-12(16)14-17-10(2)13(19(14)8-9)15(21)18-5-3-11(20)4-6-18/h7-8H,3-6H2,1-2H3. The molecule has 1 saturated heterocycles. The number of amides is 1. The molecule has 2 aromatic heterocycles. The monoisotopic (exact) mass is 349 g/mol. The molecule has 21 heavy (non-hydrogen) atoms. The number of imidazole rings is 1. The summed E-state index contributed by atoms with van der Waals surface area (Å²) in [7, 11) is 0. The van der Waals surface area contributed by atoms with Gasteiger partial charge in [0, 0.05) is 32.1 Å². The first-order valence-electron chi connectivity index (χ1n) is 6.93. The number of aromatic nitrogens is 2. The number of pyridine rings is 1. The molecule has 5 nitrogen and oxygen atoms in total. The minimum atomic E-state index is -0.0509. The SMILES string of the molecule is Cc1cc(Br)c2nc(C)c(C(=O)N3CCC(=O)CC3)n2c1.